The van der Waals surface area contributed by atoms with Gasteiger partial charge in [0.05, 0.1) is 0 Å². The molecular weight excluding hydrogens is 188 g/mol. The SMILES string of the molecule is Cc1ccccc1C(C)CC(=O)C(C)O. The molecule has 0 aliphatic carbocycles. The Morgan fingerprint density at radius 3 is 2.47 bits per heavy atom. The third kappa shape index (κ3) is 3.17. The van der Waals surface area contributed by atoms with Crippen molar-refractivity contribution in [3.8, 4) is 0 Å². The Morgan fingerprint density at radius 2 is 1.93 bits per heavy atom. The molecule has 0 aliphatic rings. The smallest absolute Gasteiger partial charge is 0.161 e. The maximum absolute atomic E-state index is 11.4. The summed E-state index contributed by atoms with van der Waals surface area (Å²) in [5.74, 6) is 0.0825. The first-order chi connectivity index (χ1) is 7.02. The number of hydrogen-bond donors (Lipinski definition) is 1. The largest absolute Gasteiger partial charge is 0.386 e. The van der Waals surface area contributed by atoms with Crippen LogP contribution >= 0.6 is 0 Å². The van der Waals surface area contributed by atoms with Crippen molar-refractivity contribution in [3.05, 3.63) is 35.4 Å². The van der Waals surface area contributed by atoms with Crippen LogP contribution in [0, 0.1) is 6.92 Å². The van der Waals surface area contributed by atoms with Gasteiger partial charge in [0.15, 0.2) is 5.78 Å². The minimum Gasteiger partial charge on any atom is -0.386 e. The van der Waals surface area contributed by atoms with Crippen molar-refractivity contribution in [3.63, 3.8) is 0 Å². The van der Waals surface area contributed by atoms with Crippen LogP contribution in [0.25, 0.3) is 0 Å². The van der Waals surface area contributed by atoms with Crippen LogP contribution in [-0.4, -0.2) is 17.0 Å². The quantitative estimate of drug-likeness (QED) is 0.821. The van der Waals surface area contributed by atoms with Gasteiger partial charge in [-0.15, -0.1) is 0 Å². The number of aryl methyl sites for hydroxylation is 1. The molecule has 2 atom stereocenters. The molecule has 1 N–H and O–H groups in total. The number of Topliss-reactive ketones (excluding diaryl/α,β-unsaturated/α-hetero) is 1. The van der Waals surface area contributed by atoms with E-state index in [-0.39, 0.29) is 11.7 Å². The molecule has 0 spiro atoms. The van der Waals surface area contributed by atoms with Crippen LogP contribution in [0.5, 0.6) is 0 Å². The lowest BCUT2D eigenvalue weighted by Gasteiger charge is -2.14. The summed E-state index contributed by atoms with van der Waals surface area (Å²) in [6.45, 7) is 5.58. The molecule has 1 aromatic carbocycles. The summed E-state index contributed by atoms with van der Waals surface area (Å²) in [5, 5.41) is 9.14. The minimum atomic E-state index is -0.850. The van der Waals surface area contributed by atoms with Gasteiger partial charge in [0.1, 0.15) is 6.10 Å². The Balaban J connectivity index is 2.73. The van der Waals surface area contributed by atoms with E-state index in [0.29, 0.717) is 6.42 Å². The Kier molecular flexibility index (Phi) is 4.04. The third-order valence-corrected chi connectivity index (χ3v) is 2.69. The highest BCUT2D eigenvalue weighted by atomic mass is 16.3. The van der Waals surface area contributed by atoms with E-state index in [0.717, 1.165) is 0 Å². The molecule has 0 saturated heterocycles. The van der Waals surface area contributed by atoms with Gasteiger partial charge in [-0.3, -0.25) is 4.79 Å². The number of ketones is 1. The van der Waals surface area contributed by atoms with Crippen molar-refractivity contribution >= 4 is 5.78 Å². The monoisotopic (exact) mass is 206 g/mol. The fraction of sp³-hybridized carbons (Fsp3) is 0.462. The van der Waals surface area contributed by atoms with Crippen LogP contribution < -0.4 is 0 Å². The highest BCUT2D eigenvalue weighted by molar-refractivity contribution is 5.83. The third-order valence-electron chi connectivity index (χ3n) is 2.69. The first-order valence-electron chi connectivity index (χ1n) is 5.28. The molecule has 0 aromatic heterocycles. The number of hydrogen-bond acceptors (Lipinski definition) is 2. The molecule has 0 radical (unpaired) electrons. The number of benzene rings is 1. The molecule has 0 aliphatic heterocycles. The summed E-state index contributed by atoms with van der Waals surface area (Å²) >= 11 is 0. The van der Waals surface area contributed by atoms with Crippen molar-refractivity contribution in [1.29, 1.82) is 0 Å². The molecule has 15 heavy (non-hydrogen) atoms. The maximum atomic E-state index is 11.4. The molecule has 0 fully saturated rings. The normalized spacial score (nSPS) is 14.7. The topological polar surface area (TPSA) is 37.3 Å². The van der Waals surface area contributed by atoms with Crippen molar-refractivity contribution in [2.75, 3.05) is 0 Å². The zero-order chi connectivity index (χ0) is 11.4. The van der Waals surface area contributed by atoms with Gasteiger partial charge in [0, 0.05) is 6.42 Å². The van der Waals surface area contributed by atoms with Gasteiger partial charge in [-0.1, -0.05) is 31.2 Å². The highest BCUT2D eigenvalue weighted by Gasteiger charge is 2.15. The van der Waals surface area contributed by atoms with Gasteiger partial charge in [0.2, 0.25) is 0 Å². The second-order valence-corrected chi connectivity index (χ2v) is 4.10. The van der Waals surface area contributed by atoms with Crippen LogP contribution in [0.2, 0.25) is 0 Å². The van der Waals surface area contributed by atoms with Crippen molar-refractivity contribution in [2.24, 2.45) is 0 Å². The molecular formula is C13H18O2. The number of aliphatic hydroxyl groups excluding tert-OH is 1. The lowest BCUT2D eigenvalue weighted by Crippen LogP contribution is -2.18. The molecule has 2 heteroatoms. The number of rotatable bonds is 4. The molecule has 0 amide bonds. The van der Waals surface area contributed by atoms with Crippen molar-refractivity contribution < 1.29 is 9.90 Å². The molecule has 2 nitrogen and oxygen atoms in total. The molecule has 0 bridgehead atoms. The molecule has 0 heterocycles. The summed E-state index contributed by atoms with van der Waals surface area (Å²) < 4.78 is 0. The average Bonchev–Trinajstić information content (AvgIpc) is 2.18. The standard InChI is InChI=1S/C13H18O2/c1-9-6-4-5-7-12(9)10(2)8-13(15)11(3)14/h4-7,10-11,14H,8H2,1-3H3. The van der Waals surface area contributed by atoms with E-state index >= 15 is 0 Å². The number of carbonyl (C=O) groups is 1. The van der Waals surface area contributed by atoms with Crippen LogP contribution in [0.3, 0.4) is 0 Å². The molecule has 1 rings (SSSR count). The summed E-state index contributed by atoms with van der Waals surface area (Å²) in [6, 6.07) is 8.04. The zero-order valence-corrected chi connectivity index (χ0v) is 9.53. The molecule has 2 unspecified atom stereocenters. The van der Waals surface area contributed by atoms with Gasteiger partial charge in [-0.05, 0) is 30.9 Å². The molecule has 82 valence electrons. The van der Waals surface area contributed by atoms with E-state index in [9.17, 15) is 4.79 Å². The Labute approximate surface area is 90.9 Å². The Bertz CT molecular complexity index is 342. The summed E-state index contributed by atoms with van der Waals surface area (Å²) in [5.41, 5.74) is 2.38. The maximum Gasteiger partial charge on any atom is 0.161 e. The predicted octanol–water partition coefficient (Wildman–Crippen LogP) is 2.44. The number of aliphatic hydroxyl groups is 1. The Morgan fingerprint density at radius 1 is 1.33 bits per heavy atom. The van der Waals surface area contributed by atoms with E-state index in [1.165, 1.54) is 18.1 Å². The van der Waals surface area contributed by atoms with Gasteiger partial charge in [0.25, 0.3) is 0 Å². The van der Waals surface area contributed by atoms with Gasteiger partial charge >= 0.3 is 0 Å². The fourth-order valence-electron chi connectivity index (χ4n) is 1.72. The Hall–Kier alpha value is -1.15. The van der Waals surface area contributed by atoms with Crippen molar-refractivity contribution in [1.82, 2.24) is 0 Å². The number of carbonyl (C=O) groups excluding carboxylic acids is 1. The zero-order valence-electron chi connectivity index (χ0n) is 9.53. The van der Waals surface area contributed by atoms with Gasteiger partial charge in [-0.25, -0.2) is 0 Å². The molecule has 1 aromatic rings. The van der Waals surface area contributed by atoms with Crippen LogP contribution in [0.4, 0.5) is 0 Å². The second-order valence-electron chi connectivity index (χ2n) is 4.10. The highest BCUT2D eigenvalue weighted by Crippen LogP contribution is 2.22. The summed E-state index contributed by atoms with van der Waals surface area (Å²) in [7, 11) is 0. The fourth-order valence-corrected chi connectivity index (χ4v) is 1.72. The van der Waals surface area contributed by atoms with E-state index in [2.05, 4.69) is 0 Å². The second kappa shape index (κ2) is 5.08. The average molecular weight is 206 g/mol. The van der Waals surface area contributed by atoms with E-state index in [1.54, 1.807) is 0 Å². The van der Waals surface area contributed by atoms with Crippen molar-refractivity contribution in [2.45, 2.75) is 39.2 Å². The lowest BCUT2D eigenvalue weighted by molar-refractivity contribution is -0.126. The van der Waals surface area contributed by atoms with Crippen LogP contribution in [-0.2, 0) is 4.79 Å². The minimum absolute atomic E-state index is 0.0919. The molecule has 0 saturated carbocycles. The van der Waals surface area contributed by atoms with E-state index in [1.807, 2.05) is 38.1 Å². The van der Waals surface area contributed by atoms with Crippen LogP contribution in [0.1, 0.15) is 37.3 Å². The van der Waals surface area contributed by atoms with E-state index in [4.69, 9.17) is 5.11 Å². The van der Waals surface area contributed by atoms with Gasteiger partial charge < -0.3 is 5.11 Å². The lowest BCUT2D eigenvalue weighted by atomic mass is 9.91. The van der Waals surface area contributed by atoms with E-state index < -0.39 is 6.10 Å². The first kappa shape index (κ1) is 11.9. The summed E-state index contributed by atoms with van der Waals surface area (Å²) in [6.07, 6.45) is -0.445. The van der Waals surface area contributed by atoms with Gasteiger partial charge in [-0.2, -0.15) is 0 Å². The summed E-state index contributed by atoms with van der Waals surface area (Å²) in [4.78, 5) is 11.4. The predicted molar refractivity (Wildman–Crippen MR) is 60.9 cm³/mol. The first-order valence-corrected chi connectivity index (χ1v) is 5.28. The van der Waals surface area contributed by atoms with Crippen LogP contribution in [0.15, 0.2) is 24.3 Å².